The molecule has 0 spiro atoms. The number of nitrogens with one attached hydrogen (secondary N) is 1. The van der Waals surface area contributed by atoms with E-state index in [0.717, 1.165) is 42.0 Å². The van der Waals surface area contributed by atoms with Crippen LogP contribution in [0.2, 0.25) is 0 Å². The summed E-state index contributed by atoms with van der Waals surface area (Å²) >= 11 is 0. The Morgan fingerprint density at radius 2 is 2.04 bits per heavy atom. The molecule has 0 unspecified atom stereocenters. The monoisotopic (exact) mass is 326 g/mol. The molecule has 0 saturated carbocycles. The molecule has 1 aliphatic rings. The van der Waals surface area contributed by atoms with E-state index in [-0.39, 0.29) is 5.75 Å². The summed E-state index contributed by atoms with van der Waals surface area (Å²) < 4.78 is 0. The molecule has 0 amide bonds. The minimum Gasteiger partial charge on any atom is -0.508 e. The predicted octanol–water partition coefficient (Wildman–Crippen LogP) is 2.99. The Bertz CT molecular complexity index is 664. The van der Waals surface area contributed by atoms with Gasteiger partial charge in [0.05, 0.1) is 5.69 Å². The Labute approximate surface area is 143 Å². The molecule has 0 radical (unpaired) electrons. The first kappa shape index (κ1) is 16.7. The van der Waals surface area contributed by atoms with Gasteiger partial charge >= 0.3 is 0 Å². The number of aromatic nitrogens is 2. The summed E-state index contributed by atoms with van der Waals surface area (Å²) in [5.41, 5.74) is 2.85. The number of phenolic OH excluding ortho intramolecular Hbond substituents is 1. The number of nitrogens with zero attached hydrogens (tertiary/aromatic N) is 3. The molecule has 1 aliphatic heterocycles. The van der Waals surface area contributed by atoms with Gasteiger partial charge in [-0.25, -0.2) is 0 Å². The molecule has 128 valence electrons. The summed E-state index contributed by atoms with van der Waals surface area (Å²) in [5, 5.41) is 22.1. The van der Waals surface area contributed by atoms with Crippen LogP contribution in [-0.2, 0) is 6.42 Å². The van der Waals surface area contributed by atoms with Gasteiger partial charge in [-0.1, -0.05) is 6.42 Å². The fourth-order valence-electron chi connectivity index (χ4n) is 3.20. The van der Waals surface area contributed by atoms with Crippen LogP contribution < -0.4 is 10.2 Å². The topological polar surface area (TPSA) is 61.3 Å². The van der Waals surface area contributed by atoms with E-state index in [2.05, 4.69) is 21.6 Å². The van der Waals surface area contributed by atoms with E-state index in [4.69, 9.17) is 0 Å². The Balaban J connectivity index is 1.73. The van der Waals surface area contributed by atoms with E-state index in [1.165, 1.54) is 19.3 Å². The van der Waals surface area contributed by atoms with Gasteiger partial charge in [0, 0.05) is 25.7 Å². The molecule has 0 bridgehead atoms. The van der Waals surface area contributed by atoms with Crippen molar-refractivity contribution in [1.29, 1.82) is 0 Å². The van der Waals surface area contributed by atoms with E-state index < -0.39 is 0 Å². The van der Waals surface area contributed by atoms with Crippen LogP contribution in [0.25, 0.3) is 11.3 Å². The second-order valence-corrected chi connectivity index (χ2v) is 6.74. The maximum Gasteiger partial charge on any atom is 0.150 e. The van der Waals surface area contributed by atoms with Gasteiger partial charge in [0.25, 0.3) is 0 Å². The molecule has 0 aliphatic carbocycles. The first-order chi connectivity index (χ1) is 11.6. The highest BCUT2D eigenvalue weighted by atomic mass is 16.3. The molecule has 1 aromatic carbocycles. The minimum absolute atomic E-state index is 0.289. The highest BCUT2D eigenvalue weighted by molar-refractivity contribution is 5.63. The summed E-state index contributed by atoms with van der Waals surface area (Å²) in [7, 11) is 3.88. The van der Waals surface area contributed by atoms with Crippen LogP contribution in [0.1, 0.15) is 31.2 Å². The van der Waals surface area contributed by atoms with Crippen LogP contribution in [0.15, 0.2) is 30.3 Å². The van der Waals surface area contributed by atoms with Crippen molar-refractivity contribution in [2.75, 3.05) is 25.5 Å². The zero-order valence-electron chi connectivity index (χ0n) is 14.5. The van der Waals surface area contributed by atoms with Crippen molar-refractivity contribution < 1.29 is 5.11 Å². The van der Waals surface area contributed by atoms with Gasteiger partial charge in [0.15, 0.2) is 5.82 Å². The van der Waals surface area contributed by atoms with E-state index >= 15 is 0 Å². The lowest BCUT2D eigenvalue weighted by atomic mass is 9.96. The molecule has 3 rings (SSSR count). The molecule has 2 aromatic rings. The lowest BCUT2D eigenvalue weighted by Crippen LogP contribution is -2.34. The van der Waals surface area contributed by atoms with Crippen LogP contribution in [0, 0.1) is 0 Å². The van der Waals surface area contributed by atoms with Gasteiger partial charge in [-0.3, -0.25) is 0 Å². The Morgan fingerprint density at radius 1 is 1.17 bits per heavy atom. The van der Waals surface area contributed by atoms with Crippen LogP contribution in [0.5, 0.6) is 5.75 Å². The summed E-state index contributed by atoms with van der Waals surface area (Å²) in [5.74, 6) is 1.11. The van der Waals surface area contributed by atoms with E-state index in [9.17, 15) is 5.11 Å². The average Bonchev–Trinajstić information content (AvgIpc) is 2.60. The first-order valence-electron chi connectivity index (χ1n) is 8.69. The average molecular weight is 326 g/mol. The van der Waals surface area contributed by atoms with Gasteiger partial charge in [-0.2, -0.15) is 0 Å². The highest BCUT2D eigenvalue weighted by Gasteiger charge is 2.13. The number of piperidine rings is 1. The number of rotatable bonds is 5. The second-order valence-electron chi connectivity index (χ2n) is 6.74. The Kier molecular flexibility index (Phi) is 5.30. The molecule has 24 heavy (non-hydrogen) atoms. The van der Waals surface area contributed by atoms with Gasteiger partial charge in [-0.05, 0) is 68.1 Å². The molecule has 2 heterocycles. The zero-order valence-corrected chi connectivity index (χ0v) is 14.5. The Hall–Kier alpha value is -2.14. The van der Waals surface area contributed by atoms with Crippen LogP contribution in [0.4, 0.5) is 5.82 Å². The number of phenols is 1. The van der Waals surface area contributed by atoms with Crippen LogP contribution in [-0.4, -0.2) is 42.0 Å². The number of anilines is 1. The van der Waals surface area contributed by atoms with E-state index in [1.54, 1.807) is 6.07 Å². The smallest absolute Gasteiger partial charge is 0.150 e. The zero-order chi connectivity index (χ0) is 16.9. The maximum absolute atomic E-state index is 10.1. The fourth-order valence-corrected chi connectivity index (χ4v) is 3.20. The number of benzene rings is 1. The lowest BCUT2D eigenvalue weighted by Gasteiger charge is -2.23. The molecule has 5 heteroatoms. The van der Waals surface area contributed by atoms with Crippen molar-refractivity contribution in [3.63, 3.8) is 0 Å². The number of aryl methyl sites for hydroxylation is 1. The standard InChI is InChI=1S/C19H26N4O/c1-23(2)19-9-8-18(21-22-19)15-11-14(12-17(24)13-15)6-7-16-5-3-4-10-20-16/h8-9,11-13,16,20,24H,3-7,10H2,1-2H3/t16-/m1/s1. The highest BCUT2D eigenvalue weighted by Crippen LogP contribution is 2.26. The third-order valence-corrected chi connectivity index (χ3v) is 4.58. The molecule has 1 saturated heterocycles. The first-order valence-corrected chi connectivity index (χ1v) is 8.69. The van der Waals surface area contributed by atoms with Crippen molar-refractivity contribution in [3.05, 3.63) is 35.9 Å². The predicted molar refractivity (Wildman–Crippen MR) is 97.4 cm³/mol. The molecule has 1 fully saturated rings. The summed E-state index contributed by atoms with van der Waals surface area (Å²) in [6.45, 7) is 1.13. The van der Waals surface area contributed by atoms with Gasteiger partial charge in [0.2, 0.25) is 0 Å². The SMILES string of the molecule is CN(C)c1ccc(-c2cc(O)cc(CC[C@H]3CCCCN3)c2)nn1. The molecular weight excluding hydrogens is 300 g/mol. The van der Waals surface area contributed by atoms with Crippen molar-refractivity contribution in [2.45, 2.75) is 38.1 Å². The quantitative estimate of drug-likeness (QED) is 0.884. The molecule has 5 nitrogen and oxygen atoms in total. The number of hydrogen-bond acceptors (Lipinski definition) is 5. The van der Waals surface area contributed by atoms with Crippen molar-refractivity contribution in [3.8, 4) is 17.0 Å². The Morgan fingerprint density at radius 3 is 2.71 bits per heavy atom. The van der Waals surface area contributed by atoms with Crippen molar-refractivity contribution in [2.24, 2.45) is 0 Å². The third kappa shape index (κ3) is 4.23. The normalized spacial score (nSPS) is 17.7. The largest absolute Gasteiger partial charge is 0.508 e. The fraction of sp³-hybridized carbons (Fsp3) is 0.474. The van der Waals surface area contributed by atoms with Crippen molar-refractivity contribution in [1.82, 2.24) is 15.5 Å². The molecular formula is C19H26N4O. The summed E-state index contributed by atoms with van der Waals surface area (Å²) in [4.78, 5) is 1.92. The summed E-state index contributed by atoms with van der Waals surface area (Å²) in [6.07, 6.45) is 5.92. The third-order valence-electron chi connectivity index (χ3n) is 4.58. The van der Waals surface area contributed by atoms with Crippen LogP contribution >= 0.6 is 0 Å². The number of aromatic hydroxyl groups is 1. The van der Waals surface area contributed by atoms with Crippen LogP contribution in [0.3, 0.4) is 0 Å². The van der Waals surface area contributed by atoms with Gasteiger partial charge in [-0.15, -0.1) is 10.2 Å². The summed E-state index contributed by atoms with van der Waals surface area (Å²) in [6, 6.07) is 10.2. The van der Waals surface area contributed by atoms with E-state index in [1.807, 2.05) is 37.2 Å². The molecule has 1 atom stereocenters. The lowest BCUT2D eigenvalue weighted by molar-refractivity contribution is 0.382. The second kappa shape index (κ2) is 7.62. The minimum atomic E-state index is 0.289. The molecule has 1 aromatic heterocycles. The maximum atomic E-state index is 10.1. The van der Waals surface area contributed by atoms with Gasteiger partial charge < -0.3 is 15.3 Å². The van der Waals surface area contributed by atoms with E-state index in [0.29, 0.717) is 6.04 Å². The van der Waals surface area contributed by atoms with Gasteiger partial charge in [0.1, 0.15) is 5.75 Å². The van der Waals surface area contributed by atoms with Crippen molar-refractivity contribution >= 4 is 5.82 Å². The number of hydrogen-bond donors (Lipinski definition) is 2. The molecule has 2 N–H and O–H groups in total.